The Kier molecular flexibility index (Phi) is 5.49. The van der Waals surface area contributed by atoms with Gasteiger partial charge < -0.3 is 10.2 Å². The molecule has 0 aromatic carbocycles. The third-order valence-electron chi connectivity index (χ3n) is 3.06. The molecule has 0 saturated carbocycles. The predicted molar refractivity (Wildman–Crippen MR) is 62.6 cm³/mol. The lowest BCUT2D eigenvalue weighted by Gasteiger charge is -2.32. The van der Waals surface area contributed by atoms with Gasteiger partial charge >= 0.3 is 0 Å². The molecule has 0 bridgehead atoms. The summed E-state index contributed by atoms with van der Waals surface area (Å²) in [7, 11) is 0. The third kappa shape index (κ3) is 4.43. The lowest BCUT2D eigenvalue weighted by atomic mass is 9.96. The molecule has 0 radical (unpaired) electrons. The van der Waals surface area contributed by atoms with Crippen LogP contribution in [-0.2, 0) is 0 Å². The normalized spacial score (nSPS) is 20.6. The fourth-order valence-corrected chi connectivity index (χ4v) is 2.13. The summed E-state index contributed by atoms with van der Waals surface area (Å²) in [6.45, 7) is 11.9. The van der Waals surface area contributed by atoms with Crippen molar-refractivity contribution >= 4 is 0 Å². The van der Waals surface area contributed by atoms with Gasteiger partial charge in [-0.3, -0.25) is 0 Å². The first-order chi connectivity index (χ1) is 6.72. The average Bonchev–Trinajstić information content (AvgIpc) is 2.17. The minimum atomic E-state index is 0.642. The van der Waals surface area contributed by atoms with Crippen molar-refractivity contribution in [2.75, 3.05) is 26.2 Å². The summed E-state index contributed by atoms with van der Waals surface area (Å²) in [4.78, 5) is 2.60. The highest BCUT2D eigenvalue weighted by Gasteiger charge is 2.17. The van der Waals surface area contributed by atoms with Crippen LogP contribution >= 0.6 is 0 Å². The van der Waals surface area contributed by atoms with Gasteiger partial charge in [-0.1, -0.05) is 20.8 Å². The highest BCUT2D eigenvalue weighted by molar-refractivity contribution is 4.74. The maximum Gasteiger partial charge on any atom is 0.00104 e. The fraction of sp³-hybridized carbons (Fsp3) is 1.00. The molecule has 1 N–H and O–H groups in total. The Morgan fingerprint density at radius 2 is 1.93 bits per heavy atom. The summed E-state index contributed by atoms with van der Waals surface area (Å²) >= 11 is 0. The lowest BCUT2D eigenvalue weighted by molar-refractivity contribution is 0.181. The third-order valence-corrected chi connectivity index (χ3v) is 3.06. The van der Waals surface area contributed by atoms with Gasteiger partial charge in [0.15, 0.2) is 0 Å². The summed E-state index contributed by atoms with van der Waals surface area (Å²) in [5.41, 5.74) is 0. The quantitative estimate of drug-likeness (QED) is 0.728. The van der Waals surface area contributed by atoms with E-state index in [-0.39, 0.29) is 0 Å². The van der Waals surface area contributed by atoms with Crippen molar-refractivity contribution in [2.24, 2.45) is 5.92 Å². The molecule has 0 amide bonds. The molecule has 2 nitrogen and oxygen atoms in total. The molecule has 0 aromatic rings. The summed E-state index contributed by atoms with van der Waals surface area (Å²) in [5.74, 6) is 0.922. The Balaban J connectivity index is 2.09. The second-order valence-corrected chi connectivity index (χ2v) is 4.85. The molecule has 14 heavy (non-hydrogen) atoms. The summed E-state index contributed by atoms with van der Waals surface area (Å²) in [6.07, 6.45) is 4.08. The van der Waals surface area contributed by atoms with Gasteiger partial charge in [0.2, 0.25) is 0 Å². The number of piperidine rings is 1. The molecule has 1 aliphatic rings. The van der Waals surface area contributed by atoms with E-state index in [9.17, 15) is 0 Å². The first-order valence-electron chi connectivity index (χ1n) is 6.18. The van der Waals surface area contributed by atoms with E-state index >= 15 is 0 Å². The first-order valence-corrected chi connectivity index (χ1v) is 6.18. The molecule has 0 aliphatic carbocycles. The second kappa shape index (κ2) is 6.41. The van der Waals surface area contributed by atoms with Crippen LogP contribution in [-0.4, -0.2) is 37.1 Å². The Morgan fingerprint density at radius 1 is 1.29 bits per heavy atom. The number of nitrogens with one attached hydrogen (secondary N) is 1. The summed E-state index contributed by atoms with van der Waals surface area (Å²) in [6, 6.07) is 0.642. The zero-order valence-corrected chi connectivity index (χ0v) is 10.1. The SMILES string of the molecule is CCCN1CCC(CNC(C)C)CC1. The lowest BCUT2D eigenvalue weighted by Crippen LogP contribution is -2.38. The van der Waals surface area contributed by atoms with E-state index in [0.717, 1.165) is 5.92 Å². The Morgan fingerprint density at radius 3 is 2.43 bits per heavy atom. The van der Waals surface area contributed by atoms with Gasteiger partial charge in [0.1, 0.15) is 0 Å². The maximum absolute atomic E-state index is 3.54. The highest BCUT2D eigenvalue weighted by Crippen LogP contribution is 2.16. The van der Waals surface area contributed by atoms with Crippen LogP contribution in [0.2, 0.25) is 0 Å². The number of hydrogen-bond acceptors (Lipinski definition) is 2. The van der Waals surface area contributed by atoms with E-state index in [1.54, 1.807) is 0 Å². The van der Waals surface area contributed by atoms with Gasteiger partial charge in [0, 0.05) is 6.04 Å². The van der Waals surface area contributed by atoms with Crippen molar-refractivity contribution in [2.45, 2.75) is 46.1 Å². The molecule has 0 atom stereocenters. The van der Waals surface area contributed by atoms with Crippen LogP contribution in [0, 0.1) is 5.92 Å². The van der Waals surface area contributed by atoms with Gasteiger partial charge in [-0.15, -0.1) is 0 Å². The van der Waals surface area contributed by atoms with E-state index < -0.39 is 0 Å². The van der Waals surface area contributed by atoms with E-state index in [1.165, 1.54) is 45.4 Å². The van der Waals surface area contributed by atoms with E-state index in [1.807, 2.05) is 0 Å². The molecule has 2 heteroatoms. The maximum atomic E-state index is 3.54. The highest BCUT2D eigenvalue weighted by atomic mass is 15.1. The number of likely N-dealkylation sites (tertiary alicyclic amines) is 1. The minimum absolute atomic E-state index is 0.642. The van der Waals surface area contributed by atoms with Crippen LogP contribution in [0.3, 0.4) is 0 Å². The molecule has 1 aliphatic heterocycles. The predicted octanol–water partition coefficient (Wildman–Crippen LogP) is 2.11. The largest absolute Gasteiger partial charge is 0.314 e. The Bertz CT molecular complexity index is 137. The molecule has 0 unspecified atom stereocenters. The molecule has 0 spiro atoms. The van der Waals surface area contributed by atoms with Crippen LogP contribution in [0.4, 0.5) is 0 Å². The topological polar surface area (TPSA) is 15.3 Å². The Hall–Kier alpha value is -0.0800. The van der Waals surface area contributed by atoms with Crippen LogP contribution in [0.15, 0.2) is 0 Å². The molecule has 84 valence electrons. The van der Waals surface area contributed by atoms with Gasteiger partial charge in [-0.05, 0) is 51.4 Å². The van der Waals surface area contributed by atoms with Crippen LogP contribution in [0.25, 0.3) is 0 Å². The molecule has 1 saturated heterocycles. The van der Waals surface area contributed by atoms with Crippen molar-refractivity contribution in [3.05, 3.63) is 0 Å². The van der Waals surface area contributed by atoms with Gasteiger partial charge in [0.05, 0.1) is 0 Å². The zero-order chi connectivity index (χ0) is 10.4. The van der Waals surface area contributed by atoms with Crippen molar-refractivity contribution in [1.82, 2.24) is 10.2 Å². The van der Waals surface area contributed by atoms with Crippen LogP contribution < -0.4 is 5.32 Å². The van der Waals surface area contributed by atoms with E-state index in [4.69, 9.17) is 0 Å². The molecule has 1 fully saturated rings. The molecular weight excluding hydrogens is 172 g/mol. The molecule has 1 rings (SSSR count). The fourth-order valence-electron chi connectivity index (χ4n) is 2.13. The van der Waals surface area contributed by atoms with Crippen molar-refractivity contribution < 1.29 is 0 Å². The molecule has 0 aromatic heterocycles. The van der Waals surface area contributed by atoms with Crippen molar-refractivity contribution in [3.8, 4) is 0 Å². The second-order valence-electron chi connectivity index (χ2n) is 4.85. The van der Waals surface area contributed by atoms with Gasteiger partial charge in [-0.2, -0.15) is 0 Å². The number of nitrogens with zero attached hydrogens (tertiary/aromatic N) is 1. The van der Waals surface area contributed by atoms with Crippen molar-refractivity contribution in [3.63, 3.8) is 0 Å². The first kappa shape index (κ1) is 12.0. The van der Waals surface area contributed by atoms with Gasteiger partial charge in [0.25, 0.3) is 0 Å². The van der Waals surface area contributed by atoms with E-state index in [2.05, 4.69) is 31.0 Å². The molecule has 1 heterocycles. The Labute approximate surface area is 89.1 Å². The zero-order valence-electron chi connectivity index (χ0n) is 10.1. The summed E-state index contributed by atoms with van der Waals surface area (Å²) < 4.78 is 0. The average molecular weight is 198 g/mol. The van der Waals surface area contributed by atoms with Crippen LogP contribution in [0.1, 0.15) is 40.0 Å². The van der Waals surface area contributed by atoms with Crippen LogP contribution in [0.5, 0.6) is 0 Å². The minimum Gasteiger partial charge on any atom is -0.314 e. The van der Waals surface area contributed by atoms with Gasteiger partial charge in [-0.25, -0.2) is 0 Å². The van der Waals surface area contributed by atoms with Crippen molar-refractivity contribution in [1.29, 1.82) is 0 Å². The monoisotopic (exact) mass is 198 g/mol. The molecular formula is C12H26N2. The summed E-state index contributed by atoms with van der Waals surface area (Å²) in [5, 5.41) is 3.54. The number of rotatable bonds is 5. The van der Waals surface area contributed by atoms with E-state index in [0.29, 0.717) is 6.04 Å². The number of hydrogen-bond donors (Lipinski definition) is 1. The smallest absolute Gasteiger partial charge is 0.00104 e. The standard InChI is InChI=1S/C12H26N2/c1-4-7-14-8-5-12(6-9-14)10-13-11(2)3/h11-13H,4-10H2,1-3H3.